The molecule has 1 unspecified atom stereocenters. The summed E-state index contributed by atoms with van der Waals surface area (Å²) in [5.41, 5.74) is 4.78. The molecule has 1 aromatic heterocycles. The summed E-state index contributed by atoms with van der Waals surface area (Å²) in [6.07, 6.45) is 8.45. The molecule has 2 aromatic rings. The molecule has 1 aliphatic carbocycles. The minimum Gasteiger partial charge on any atom is -0.127 e. The van der Waals surface area contributed by atoms with Gasteiger partial charge in [0.15, 0.2) is 0 Å². The van der Waals surface area contributed by atoms with Gasteiger partial charge in [-0.2, -0.15) is 0 Å². The lowest BCUT2D eigenvalue weighted by atomic mass is 9.90. The highest BCUT2D eigenvalue weighted by Crippen LogP contribution is 2.44. The molecule has 3 rings (SSSR count). The van der Waals surface area contributed by atoms with Crippen molar-refractivity contribution in [2.75, 3.05) is 0 Å². The van der Waals surface area contributed by atoms with E-state index in [0.717, 1.165) is 14.6 Å². The van der Waals surface area contributed by atoms with Crippen molar-refractivity contribution in [2.45, 2.75) is 32.1 Å². The van der Waals surface area contributed by atoms with E-state index in [1.807, 2.05) is 0 Å². The molecule has 0 radical (unpaired) electrons. The first-order chi connectivity index (χ1) is 8.90. The lowest BCUT2D eigenvalue weighted by Gasteiger charge is -2.14. The Morgan fingerprint density at radius 1 is 1.06 bits per heavy atom. The molecule has 0 spiro atoms. The standard InChI is InChI=1S/C17H19P/c1-2-8-16-14-11-6-7-12-15(14)17(18-16)13-9-4-3-5-10-13/h2-5,9-10,18H,1,6-8,11-12H2. The van der Waals surface area contributed by atoms with E-state index in [2.05, 4.69) is 43.0 Å². The Morgan fingerprint density at radius 2 is 1.78 bits per heavy atom. The third-order valence-corrected chi connectivity index (χ3v) is 5.47. The van der Waals surface area contributed by atoms with E-state index in [4.69, 9.17) is 0 Å². The van der Waals surface area contributed by atoms with Gasteiger partial charge in [-0.15, -0.1) is 14.8 Å². The van der Waals surface area contributed by atoms with E-state index in [1.165, 1.54) is 31.2 Å². The number of rotatable bonds is 3. The smallest absolute Gasteiger partial charge is 0.00194 e. The average Bonchev–Trinajstić information content (AvgIpc) is 2.80. The fraction of sp³-hybridized carbons (Fsp3) is 0.294. The fourth-order valence-electron chi connectivity index (χ4n) is 2.99. The van der Waals surface area contributed by atoms with Gasteiger partial charge in [-0.1, -0.05) is 36.4 Å². The summed E-state index contributed by atoms with van der Waals surface area (Å²) in [6.45, 7) is 3.91. The van der Waals surface area contributed by atoms with E-state index >= 15 is 0 Å². The Labute approximate surface area is 111 Å². The Balaban J connectivity index is 2.12. The summed E-state index contributed by atoms with van der Waals surface area (Å²) in [5.74, 6) is 0. The first-order valence-corrected chi connectivity index (χ1v) is 7.79. The zero-order valence-corrected chi connectivity index (χ0v) is 11.7. The van der Waals surface area contributed by atoms with Crippen molar-refractivity contribution in [1.29, 1.82) is 0 Å². The zero-order valence-electron chi connectivity index (χ0n) is 10.7. The molecule has 18 heavy (non-hydrogen) atoms. The molecule has 0 nitrogen and oxygen atoms in total. The summed E-state index contributed by atoms with van der Waals surface area (Å²) >= 11 is 0. The third kappa shape index (κ3) is 2.06. The van der Waals surface area contributed by atoms with Crippen LogP contribution in [0.1, 0.15) is 29.3 Å². The molecule has 0 bridgehead atoms. The van der Waals surface area contributed by atoms with Gasteiger partial charge in [-0.05, 0) is 54.1 Å². The van der Waals surface area contributed by atoms with Crippen LogP contribution in [-0.2, 0) is 19.3 Å². The molecule has 1 aliphatic rings. The monoisotopic (exact) mass is 254 g/mol. The van der Waals surface area contributed by atoms with Crippen LogP contribution in [0.5, 0.6) is 0 Å². The Kier molecular flexibility index (Phi) is 3.39. The van der Waals surface area contributed by atoms with E-state index < -0.39 is 0 Å². The molecule has 0 fully saturated rings. The van der Waals surface area contributed by atoms with Crippen LogP contribution in [0.3, 0.4) is 0 Å². The number of fused-ring (bicyclic) bond motifs is 1. The van der Waals surface area contributed by atoms with Gasteiger partial charge in [0.1, 0.15) is 0 Å². The maximum atomic E-state index is 3.91. The Bertz CT molecular complexity index is 548. The molecule has 0 N–H and O–H groups in total. The van der Waals surface area contributed by atoms with Gasteiger partial charge >= 0.3 is 0 Å². The third-order valence-electron chi connectivity index (χ3n) is 3.82. The molecule has 0 aliphatic heterocycles. The van der Waals surface area contributed by atoms with Crippen molar-refractivity contribution in [3.63, 3.8) is 0 Å². The number of hydrogen-bond acceptors (Lipinski definition) is 0. The average molecular weight is 254 g/mol. The zero-order chi connectivity index (χ0) is 12.4. The van der Waals surface area contributed by atoms with Crippen LogP contribution in [0.2, 0.25) is 0 Å². The number of benzene rings is 1. The van der Waals surface area contributed by atoms with Gasteiger partial charge in [0.05, 0.1) is 0 Å². The van der Waals surface area contributed by atoms with Gasteiger partial charge in [0.25, 0.3) is 0 Å². The maximum Gasteiger partial charge on any atom is 0.00194 e. The molecule has 1 heterocycles. The van der Waals surface area contributed by atoms with Crippen molar-refractivity contribution in [2.24, 2.45) is 0 Å². The molecular formula is C17H19P. The van der Waals surface area contributed by atoms with Gasteiger partial charge in [-0.3, -0.25) is 0 Å². The summed E-state index contributed by atoms with van der Waals surface area (Å²) < 4.78 is 0. The highest BCUT2D eigenvalue weighted by molar-refractivity contribution is 7.35. The van der Waals surface area contributed by atoms with E-state index in [1.54, 1.807) is 21.7 Å². The minimum absolute atomic E-state index is 0.877. The maximum absolute atomic E-state index is 3.91. The van der Waals surface area contributed by atoms with Crippen molar-refractivity contribution in [1.82, 2.24) is 0 Å². The van der Waals surface area contributed by atoms with Crippen LogP contribution in [0, 0.1) is 0 Å². The SMILES string of the molecule is C=CCc1[pH]c(-c2ccccc2)c2c1CCCC2. The van der Waals surface area contributed by atoms with E-state index in [9.17, 15) is 0 Å². The normalized spacial score (nSPS) is 14.7. The first kappa shape index (κ1) is 11.8. The second-order valence-corrected chi connectivity index (χ2v) is 6.36. The van der Waals surface area contributed by atoms with Crippen LogP contribution in [0.15, 0.2) is 43.0 Å². The minimum atomic E-state index is 0.877. The lowest BCUT2D eigenvalue weighted by molar-refractivity contribution is 0.687. The van der Waals surface area contributed by atoms with Gasteiger partial charge in [0, 0.05) is 5.30 Å². The second kappa shape index (κ2) is 5.16. The predicted molar refractivity (Wildman–Crippen MR) is 81.9 cm³/mol. The van der Waals surface area contributed by atoms with Gasteiger partial charge in [0.2, 0.25) is 0 Å². The second-order valence-electron chi connectivity index (χ2n) is 5.00. The summed E-state index contributed by atoms with van der Waals surface area (Å²) in [5, 5.41) is 3.26. The van der Waals surface area contributed by atoms with E-state index in [-0.39, 0.29) is 0 Å². The number of hydrogen-bond donors (Lipinski definition) is 0. The molecule has 92 valence electrons. The lowest BCUT2D eigenvalue weighted by Crippen LogP contribution is -2.02. The predicted octanol–water partition coefficient (Wildman–Crippen LogP) is 4.99. The molecule has 1 atom stereocenters. The van der Waals surface area contributed by atoms with Crippen LogP contribution in [0.25, 0.3) is 10.9 Å². The van der Waals surface area contributed by atoms with Crippen molar-refractivity contribution in [3.05, 3.63) is 59.4 Å². The summed E-state index contributed by atoms with van der Waals surface area (Å²) in [6, 6.07) is 10.9. The van der Waals surface area contributed by atoms with Gasteiger partial charge < -0.3 is 0 Å². The summed E-state index contributed by atoms with van der Waals surface area (Å²) in [7, 11) is 0.877. The topological polar surface area (TPSA) is 0 Å². The number of allylic oxidation sites excluding steroid dienone is 1. The first-order valence-electron chi connectivity index (χ1n) is 6.79. The van der Waals surface area contributed by atoms with Crippen LogP contribution in [0.4, 0.5) is 0 Å². The molecule has 1 aromatic carbocycles. The van der Waals surface area contributed by atoms with Crippen molar-refractivity contribution in [3.8, 4) is 10.9 Å². The Morgan fingerprint density at radius 3 is 2.50 bits per heavy atom. The molecule has 0 amide bonds. The van der Waals surface area contributed by atoms with E-state index in [0.29, 0.717) is 0 Å². The largest absolute Gasteiger partial charge is 0.127 e. The molecular weight excluding hydrogens is 235 g/mol. The van der Waals surface area contributed by atoms with Gasteiger partial charge in [-0.25, -0.2) is 0 Å². The quantitative estimate of drug-likeness (QED) is 0.677. The molecule has 1 heteroatoms. The van der Waals surface area contributed by atoms with Crippen molar-refractivity contribution >= 4 is 8.19 Å². The van der Waals surface area contributed by atoms with Crippen LogP contribution in [-0.4, -0.2) is 0 Å². The highest BCUT2D eigenvalue weighted by atomic mass is 31.0. The summed E-state index contributed by atoms with van der Waals surface area (Å²) in [4.78, 5) is 0. The fourth-order valence-corrected chi connectivity index (χ4v) is 4.70. The Hall–Kier alpha value is -1.26. The van der Waals surface area contributed by atoms with Crippen LogP contribution >= 0.6 is 8.19 Å². The van der Waals surface area contributed by atoms with Crippen LogP contribution < -0.4 is 0 Å². The van der Waals surface area contributed by atoms with Crippen molar-refractivity contribution < 1.29 is 0 Å². The molecule has 0 saturated carbocycles. The highest BCUT2D eigenvalue weighted by Gasteiger charge is 2.19. The molecule has 0 saturated heterocycles.